The summed E-state index contributed by atoms with van der Waals surface area (Å²) in [5, 5.41) is 3.08. The number of carbonyl (C=O) groups excluding carboxylic acids is 2. The predicted molar refractivity (Wildman–Crippen MR) is 139 cm³/mol. The maximum atomic E-state index is 12.7. The van der Waals surface area contributed by atoms with Crippen molar-refractivity contribution < 1.29 is 19.1 Å². The Balaban J connectivity index is 1.81. The minimum atomic E-state index is -0.585. The first-order valence-corrected chi connectivity index (χ1v) is 12.0. The van der Waals surface area contributed by atoms with Gasteiger partial charge in [-0.15, -0.1) is 0 Å². The van der Waals surface area contributed by atoms with Gasteiger partial charge in [0.2, 0.25) is 0 Å². The normalized spacial score (nSPS) is 12.1. The van der Waals surface area contributed by atoms with E-state index in [1.165, 1.54) is 7.11 Å². The maximum Gasteiger partial charge on any atom is 0.407 e. The standard InChI is InChI=1S/C29H35N3O4/c1-29(2,3)36-28(34)31-26(17-22-9-6-5-7-10-22)21-32(20-24-11-8-16-30-18-24)19-23-12-14-25(15-13-23)27(33)35-4/h5-16,18,26H,17,19-21H2,1-4H3,(H,31,34). The van der Waals surface area contributed by atoms with Gasteiger partial charge in [-0.2, -0.15) is 0 Å². The lowest BCUT2D eigenvalue weighted by Crippen LogP contribution is -2.46. The van der Waals surface area contributed by atoms with E-state index in [1.54, 1.807) is 18.3 Å². The first kappa shape index (κ1) is 26.9. The summed E-state index contributed by atoms with van der Waals surface area (Å²) in [6, 6.07) is 21.2. The van der Waals surface area contributed by atoms with Crippen molar-refractivity contribution in [1.29, 1.82) is 0 Å². The Morgan fingerprint density at radius 1 is 0.917 bits per heavy atom. The van der Waals surface area contributed by atoms with Crippen LogP contribution in [0.5, 0.6) is 0 Å². The molecule has 2 aromatic carbocycles. The molecule has 0 saturated heterocycles. The number of hydrogen-bond acceptors (Lipinski definition) is 6. The van der Waals surface area contributed by atoms with Gasteiger partial charge in [-0.1, -0.05) is 48.5 Å². The lowest BCUT2D eigenvalue weighted by atomic mass is 10.0. The molecule has 1 aromatic heterocycles. The van der Waals surface area contributed by atoms with E-state index in [4.69, 9.17) is 9.47 Å². The van der Waals surface area contributed by atoms with Crippen LogP contribution in [0.2, 0.25) is 0 Å². The second-order valence-electron chi connectivity index (χ2n) is 9.75. The highest BCUT2D eigenvalue weighted by Crippen LogP contribution is 2.15. The van der Waals surface area contributed by atoms with Gasteiger partial charge in [0.25, 0.3) is 0 Å². The molecule has 0 aliphatic rings. The monoisotopic (exact) mass is 489 g/mol. The Morgan fingerprint density at radius 3 is 2.19 bits per heavy atom. The van der Waals surface area contributed by atoms with Crippen molar-refractivity contribution in [2.45, 2.75) is 51.9 Å². The van der Waals surface area contributed by atoms with Gasteiger partial charge in [-0.05, 0) is 62.1 Å². The number of esters is 1. The third kappa shape index (κ3) is 9.15. The molecule has 3 aromatic rings. The van der Waals surface area contributed by atoms with Gasteiger partial charge < -0.3 is 14.8 Å². The van der Waals surface area contributed by atoms with E-state index in [9.17, 15) is 9.59 Å². The van der Waals surface area contributed by atoms with E-state index in [-0.39, 0.29) is 12.0 Å². The number of carbonyl (C=O) groups is 2. The number of benzene rings is 2. The lowest BCUT2D eigenvalue weighted by Gasteiger charge is -2.29. The van der Waals surface area contributed by atoms with Gasteiger partial charge in [0, 0.05) is 38.1 Å². The van der Waals surface area contributed by atoms with Gasteiger partial charge in [0.05, 0.1) is 12.7 Å². The van der Waals surface area contributed by atoms with E-state index in [1.807, 2.05) is 69.4 Å². The molecule has 1 N–H and O–H groups in total. The average Bonchev–Trinajstić information content (AvgIpc) is 2.84. The highest BCUT2D eigenvalue weighted by atomic mass is 16.6. The Labute approximate surface area is 213 Å². The zero-order valence-corrected chi connectivity index (χ0v) is 21.4. The molecule has 36 heavy (non-hydrogen) atoms. The molecule has 1 amide bonds. The van der Waals surface area contributed by atoms with Crippen LogP contribution in [0.4, 0.5) is 4.79 Å². The number of alkyl carbamates (subject to hydrolysis) is 1. The van der Waals surface area contributed by atoms with Crippen LogP contribution in [0.3, 0.4) is 0 Å². The number of amides is 1. The zero-order chi connectivity index (χ0) is 26.0. The summed E-state index contributed by atoms with van der Waals surface area (Å²) in [7, 11) is 1.37. The van der Waals surface area contributed by atoms with E-state index in [0.29, 0.717) is 31.6 Å². The molecule has 0 bridgehead atoms. The van der Waals surface area contributed by atoms with E-state index in [2.05, 4.69) is 27.3 Å². The van der Waals surface area contributed by atoms with Crippen LogP contribution >= 0.6 is 0 Å². The average molecular weight is 490 g/mol. The first-order valence-electron chi connectivity index (χ1n) is 12.0. The fourth-order valence-electron chi connectivity index (χ4n) is 3.90. The van der Waals surface area contributed by atoms with Crippen molar-refractivity contribution in [3.8, 4) is 0 Å². The fraction of sp³-hybridized carbons (Fsp3) is 0.345. The van der Waals surface area contributed by atoms with Crippen molar-refractivity contribution in [2.75, 3.05) is 13.7 Å². The molecular formula is C29H35N3O4. The third-order valence-electron chi connectivity index (χ3n) is 5.43. The second kappa shape index (κ2) is 12.8. The molecule has 190 valence electrons. The summed E-state index contributed by atoms with van der Waals surface area (Å²) in [5.74, 6) is -0.363. The largest absolute Gasteiger partial charge is 0.465 e. The van der Waals surface area contributed by atoms with Crippen LogP contribution in [0.1, 0.15) is 47.8 Å². The highest BCUT2D eigenvalue weighted by molar-refractivity contribution is 5.89. The van der Waals surface area contributed by atoms with Crippen molar-refractivity contribution in [2.24, 2.45) is 0 Å². The molecule has 1 atom stereocenters. The number of hydrogen-bond donors (Lipinski definition) is 1. The molecule has 7 nitrogen and oxygen atoms in total. The van der Waals surface area contributed by atoms with Crippen molar-refractivity contribution >= 4 is 12.1 Å². The SMILES string of the molecule is COC(=O)c1ccc(CN(Cc2cccnc2)CC(Cc2ccccc2)NC(=O)OC(C)(C)C)cc1. The van der Waals surface area contributed by atoms with E-state index < -0.39 is 11.7 Å². The minimum absolute atomic E-state index is 0.187. The van der Waals surface area contributed by atoms with Crippen LogP contribution < -0.4 is 5.32 Å². The Hall–Kier alpha value is -3.71. The topological polar surface area (TPSA) is 80.8 Å². The summed E-state index contributed by atoms with van der Waals surface area (Å²) in [4.78, 5) is 31.0. The summed E-state index contributed by atoms with van der Waals surface area (Å²) in [6.45, 7) is 7.41. The second-order valence-corrected chi connectivity index (χ2v) is 9.75. The number of methoxy groups -OCH3 is 1. The van der Waals surface area contributed by atoms with Gasteiger partial charge in [-0.3, -0.25) is 9.88 Å². The Morgan fingerprint density at radius 2 is 1.58 bits per heavy atom. The zero-order valence-electron chi connectivity index (χ0n) is 21.4. The summed E-state index contributed by atoms with van der Waals surface area (Å²) < 4.78 is 10.4. The molecule has 0 fully saturated rings. The molecule has 0 aliphatic carbocycles. The quantitative estimate of drug-likeness (QED) is 0.404. The van der Waals surface area contributed by atoms with Crippen molar-refractivity contribution in [1.82, 2.24) is 15.2 Å². The number of aromatic nitrogens is 1. The van der Waals surface area contributed by atoms with Gasteiger partial charge >= 0.3 is 12.1 Å². The molecule has 3 rings (SSSR count). The van der Waals surface area contributed by atoms with Gasteiger partial charge in [0.15, 0.2) is 0 Å². The number of rotatable bonds is 10. The highest BCUT2D eigenvalue weighted by Gasteiger charge is 2.22. The molecule has 0 saturated carbocycles. The van der Waals surface area contributed by atoms with E-state index >= 15 is 0 Å². The maximum absolute atomic E-state index is 12.7. The smallest absolute Gasteiger partial charge is 0.407 e. The number of nitrogens with zero attached hydrogens (tertiary/aromatic N) is 2. The lowest BCUT2D eigenvalue weighted by molar-refractivity contribution is 0.0488. The number of nitrogens with one attached hydrogen (secondary N) is 1. The van der Waals surface area contributed by atoms with E-state index in [0.717, 1.165) is 16.7 Å². The number of ether oxygens (including phenoxy) is 2. The molecule has 1 heterocycles. The molecule has 1 unspecified atom stereocenters. The fourth-order valence-corrected chi connectivity index (χ4v) is 3.90. The van der Waals surface area contributed by atoms with Crippen LogP contribution in [0.15, 0.2) is 79.1 Å². The van der Waals surface area contributed by atoms with Gasteiger partial charge in [-0.25, -0.2) is 9.59 Å². The summed E-state index contributed by atoms with van der Waals surface area (Å²) >= 11 is 0. The summed E-state index contributed by atoms with van der Waals surface area (Å²) in [6.07, 6.45) is 3.82. The van der Waals surface area contributed by atoms with Gasteiger partial charge in [0.1, 0.15) is 5.60 Å². The van der Waals surface area contributed by atoms with Crippen LogP contribution in [-0.4, -0.2) is 47.2 Å². The van der Waals surface area contributed by atoms with Crippen molar-refractivity contribution in [3.05, 3.63) is 101 Å². The van der Waals surface area contributed by atoms with Crippen molar-refractivity contribution in [3.63, 3.8) is 0 Å². The first-order chi connectivity index (χ1) is 17.2. The van der Waals surface area contributed by atoms with Crippen LogP contribution in [-0.2, 0) is 29.0 Å². The third-order valence-corrected chi connectivity index (χ3v) is 5.43. The van der Waals surface area contributed by atoms with Crippen LogP contribution in [0, 0.1) is 0 Å². The molecule has 0 spiro atoms. The molecular weight excluding hydrogens is 454 g/mol. The Kier molecular flexibility index (Phi) is 9.59. The predicted octanol–water partition coefficient (Wildman–Crippen LogP) is 5.01. The minimum Gasteiger partial charge on any atom is -0.465 e. The van der Waals surface area contributed by atoms with Crippen LogP contribution in [0.25, 0.3) is 0 Å². The molecule has 0 aliphatic heterocycles. The molecule has 7 heteroatoms. The number of pyridine rings is 1. The summed E-state index contributed by atoms with van der Waals surface area (Å²) in [5.41, 5.74) is 3.16. The Bertz CT molecular complexity index is 1100. The molecule has 0 radical (unpaired) electrons.